The number of carbonyl (C=O) groups excluding carboxylic acids is 1. The van der Waals surface area contributed by atoms with Gasteiger partial charge in [-0.3, -0.25) is 9.59 Å². The standard InChI is InChI=1S/C21H23N3O3/c1-13-11-23(3)21(26)18-16(12-22(2)19(13)18)20(25)24-9-5-6-14-10-15(27-4)7-8-17(14)24/h7-8,10-12H,5-6,9H2,1-4H3. The number of hydrogen-bond donors (Lipinski definition) is 0. The van der Waals surface area contributed by atoms with Crippen molar-refractivity contribution in [3.8, 4) is 5.75 Å². The summed E-state index contributed by atoms with van der Waals surface area (Å²) in [7, 11) is 5.24. The predicted molar refractivity (Wildman–Crippen MR) is 106 cm³/mol. The Bertz CT molecular complexity index is 1120. The first-order valence-electron chi connectivity index (χ1n) is 9.06. The second-order valence-corrected chi connectivity index (χ2v) is 7.16. The number of benzene rings is 1. The number of rotatable bonds is 2. The van der Waals surface area contributed by atoms with Crippen LogP contribution >= 0.6 is 0 Å². The second kappa shape index (κ2) is 6.30. The number of anilines is 1. The number of methoxy groups -OCH3 is 1. The molecular weight excluding hydrogens is 342 g/mol. The van der Waals surface area contributed by atoms with Gasteiger partial charge in [-0.25, -0.2) is 0 Å². The Morgan fingerprint density at radius 3 is 2.67 bits per heavy atom. The Labute approximate surface area is 157 Å². The lowest BCUT2D eigenvalue weighted by molar-refractivity contribution is 0.0986. The SMILES string of the molecule is COc1ccc2c(c1)CCCN2C(=O)c1cn(C)c2c(C)cn(C)c(=O)c12. The first kappa shape index (κ1) is 17.4. The number of pyridine rings is 1. The largest absolute Gasteiger partial charge is 0.497 e. The van der Waals surface area contributed by atoms with Crippen LogP contribution in [0.25, 0.3) is 10.9 Å². The van der Waals surface area contributed by atoms with Crippen molar-refractivity contribution in [2.75, 3.05) is 18.6 Å². The summed E-state index contributed by atoms with van der Waals surface area (Å²) in [5, 5.41) is 0.491. The van der Waals surface area contributed by atoms with Gasteiger partial charge in [0, 0.05) is 38.7 Å². The fourth-order valence-corrected chi connectivity index (χ4v) is 4.12. The van der Waals surface area contributed by atoms with Gasteiger partial charge < -0.3 is 18.8 Å². The minimum Gasteiger partial charge on any atom is -0.497 e. The van der Waals surface area contributed by atoms with E-state index in [1.54, 1.807) is 36.0 Å². The van der Waals surface area contributed by atoms with Gasteiger partial charge in [-0.2, -0.15) is 0 Å². The van der Waals surface area contributed by atoms with Crippen molar-refractivity contribution in [1.82, 2.24) is 9.13 Å². The van der Waals surface area contributed by atoms with Crippen LogP contribution in [0.2, 0.25) is 0 Å². The van der Waals surface area contributed by atoms with Gasteiger partial charge in [0.25, 0.3) is 11.5 Å². The summed E-state index contributed by atoms with van der Waals surface area (Å²) in [5.74, 6) is 0.659. The highest BCUT2D eigenvalue weighted by Crippen LogP contribution is 2.32. The van der Waals surface area contributed by atoms with Crippen LogP contribution in [0.3, 0.4) is 0 Å². The lowest BCUT2D eigenvalue weighted by atomic mass is 10.00. The fourth-order valence-electron chi connectivity index (χ4n) is 4.12. The molecule has 27 heavy (non-hydrogen) atoms. The quantitative estimate of drug-likeness (QED) is 0.702. The molecule has 0 saturated heterocycles. The zero-order valence-corrected chi connectivity index (χ0v) is 16.1. The van der Waals surface area contributed by atoms with E-state index in [1.807, 2.05) is 36.7 Å². The van der Waals surface area contributed by atoms with Crippen molar-refractivity contribution in [1.29, 1.82) is 0 Å². The topological polar surface area (TPSA) is 56.5 Å². The monoisotopic (exact) mass is 365 g/mol. The number of hydrogen-bond acceptors (Lipinski definition) is 3. The van der Waals surface area contributed by atoms with Gasteiger partial charge in [0.05, 0.1) is 23.6 Å². The summed E-state index contributed by atoms with van der Waals surface area (Å²) >= 11 is 0. The van der Waals surface area contributed by atoms with E-state index in [1.165, 1.54) is 0 Å². The molecule has 3 heterocycles. The van der Waals surface area contributed by atoms with Crippen LogP contribution in [-0.4, -0.2) is 28.7 Å². The number of aryl methyl sites for hydroxylation is 4. The summed E-state index contributed by atoms with van der Waals surface area (Å²) in [6, 6.07) is 5.79. The van der Waals surface area contributed by atoms with Gasteiger partial charge >= 0.3 is 0 Å². The van der Waals surface area contributed by atoms with E-state index in [-0.39, 0.29) is 11.5 Å². The van der Waals surface area contributed by atoms with Crippen molar-refractivity contribution in [2.45, 2.75) is 19.8 Å². The first-order valence-corrected chi connectivity index (χ1v) is 9.06. The molecule has 1 amide bonds. The van der Waals surface area contributed by atoms with Gasteiger partial charge in [-0.15, -0.1) is 0 Å². The lowest BCUT2D eigenvalue weighted by Gasteiger charge is -2.29. The zero-order valence-electron chi connectivity index (χ0n) is 16.1. The molecule has 3 aromatic rings. The van der Waals surface area contributed by atoms with Crippen LogP contribution in [0, 0.1) is 6.92 Å². The molecule has 0 bridgehead atoms. The van der Waals surface area contributed by atoms with Crippen molar-refractivity contribution in [2.24, 2.45) is 14.1 Å². The van der Waals surface area contributed by atoms with E-state index < -0.39 is 0 Å². The van der Waals surface area contributed by atoms with Crippen molar-refractivity contribution in [3.05, 3.63) is 57.6 Å². The number of carbonyl (C=O) groups is 1. The molecule has 0 saturated carbocycles. The molecule has 0 aliphatic carbocycles. The summed E-state index contributed by atoms with van der Waals surface area (Å²) in [6.07, 6.45) is 5.38. The number of aromatic nitrogens is 2. The Hall–Kier alpha value is -3.02. The Kier molecular flexibility index (Phi) is 4.06. The Morgan fingerprint density at radius 2 is 1.93 bits per heavy atom. The molecule has 140 valence electrons. The molecule has 1 aliphatic heterocycles. The highest BCUT2D eigenvalue weighted by Gasteiger charge is 2.28. The number of nitrogens with zero attached hydrogens (tertiary/aromatic N) is 3. The van der Waals surface area contributed by atoms with Crippen LogP contribution in [-0.2, 0) is 20.5 Å². The van der Waals surface area contributed by atoms with Crippen LogP contribution in [0.1, 0.15) is 27.9 Å². The third-order valence-corrected chi connectivity index (χ3v) is 5.36. The predicted octanol–water partition coefficient (Wildman–Crippen LogP) is 2.79. The molecule has 0 fully saturated rings. The molecule has 0 spiro atoms. The summed E-state index contributed by atoms with van der Waals surface area (Å²) in [5.41, 5.74) is 4.09. The van der Waals surface area contributed by atoms with Crippen LogP contribution in [0.15, 0.2) is 35.4 Å². The fraction of sp³-hybridized carbons (Fsp3) is 0.333. The normalized spacial score (nSPS) is 13.7. The van der Waals surface area contributed by atoms with Crippen molar-refractivity contribution in [3.63, 3.8) is 0 Å². The van der Waals surface area contributed by atoms with Crippen molar-refractivity contribution < 1.29 is 9.53 Å². The molecular formula is C21H23N3O3. The molecule has 1 aliphatic rings. The number of fused-ring (bicyclic) bond motifs is 2. The highest BCUT2D eigenvalue weighted by molar-refractivity contribution is 6.14. The minimum absolute atomic E-state index is 0.130. The molecule has 4 rings (SSSR count). The molecule has 0 radical (unpaired) electrons. The molecule has 0 unspecified atom stereocenters. The second-order valence-electron chi connectivity index (χ2n) is 7.16. The van der Waals surface area contributed by atoms with E-state index in [9.17, 15) is 9.59 Å². The molecule has 0 N–H and O–H groups in total. The third-order valence-electron chi connectivity index (χ3n) is 5.36. The smallest absolute Gasteiger partial charge is 0.260 e. The maximum atomic E-state index is 13.5. The Morgan fingerprint density at radius 1 is 1.15 bits per heavy atom. The van der Waals surface area contributed by atoms with E-state index in [2.05, 4.69) is 0 Å². The molecule has 6 heteroatoms. The third kappa shape index (κ3) is 2.63. The maximum absolute atomic E-state index is 13.5. The van der Waals surface area contributed by atoms with Crippen LogP contribution in [0.5, 0.6) is 5.75 Å². The average Bonchev–Trinajstić information content (AvgIpc) is 3.02. The molecule has 2 aromatic heterocycles. The van der Waals surface area contributed by atoms with Gasteiger partial charge in [-0.05, 0) is 49.1 Å². The van der Waals surface area contributed by atoms with Crippen molar-refractivity contribution >= 4 is 22.5 Å². The Balaban J connectivity index is 1.87. The molecule has 1 aromatic carbocycles. The highest BCUT2D eigenvalue weighted by atomic mass is 16.5. The van der Waals surface area contributed by atoms with E-state index >= 15 is 0 Å². The van der Waals surface area contributed by atoms with Crippen LogP contribution in [0.4, 0.5) is 5.69 Å². The van der Waals surface area contributed by atoms with E-state index in [0.29, 0.717) is 17.5 Å². The van der Waals surface area contributed by atoms with E-state index in [4.69, 9.17) is 4.74 Å². The van der Waals surface area contributed by atoms with Gasteiger partial charge in [0.2, 0.25) is 0 Å². The summed E-state index contributed by atoms with van der Waals surface area (Å²) in [6.45, 7) is 2.60. The van der Waals surface area contributed by atoms with Gasteiger partial charge in [-0.1, -0.05) is 0 Å². The zero-order chi connectivity index (χ0) is 19.3. The average molecular weight is 365 g/mol. The van der Waals surface area contributed by atoms with Crippen LogP contribution < -0.4 is 15.2 Å². The molecule has 0 atom stereocenters. The lowest BCUT2D eigenvalue weighted by Crippen LogP contribution is -2.36. The van der Waals surface area contributed by atoms with Gasteiger partial charge in [0.15, 0.2) is 0 Å². The maximum Gasteiger partial charge on any atom is 0.260 e. The number of ether oxygens (including phenoxy) is 1. The summed E-state index contributed by atoms with van der Waals surface area (Å²) in [4.78, 5) is 28.0. The van der Waals surface area contributed by atoms with Gasteiger partial charge in [0.1, 0.15) is 5.75 Å². The number of amides is 1. The minimum atomic E-state index is -0.147. The first-order chi connectivity index (χ1) is 12.9. The molecule has 6 nitrogen and oxygen atoms in total. The van der Waals surface area contributed by atoms with E-state index in [0.717, 1.165) is 40.9 Å². The summed E-state index contributed by atoms with van der Waals surface area (Å²) < 4.78 is 8.73.